The molecule has 0 aliphatic carbocycles. The van der Waals surface area contributed by atoms with E-state index >= 15 is 0 Å². The minimum Gasteiger partial charge on any atom is -0.324 e. The molecule has 3 aromatic heterocycles. The van der Waals surface area contributed by atoms with Crippen LogP contribution in [0.1, 0.15) is 35.8 Å². The number of rotatable bonds is 5. The molecule has 4 rings (SSSR count). The third-order valence-electron chi connectivity index (χ3n) is 4.66. The lowest BCUT2D eigenvalue weighted by Crippen LogP contribution is -2.23. The van der Waals surface area contributed by atoms with E-state index in [2.05, 4.69) is 54.4 Å². The SMILES string of the molecule is Cc1cccc(CN2CCCC2c2ccnc(Nc3cnccn3)c2)n1. The van der Waals surface area contributed by atoms with E-state index in [-0.39, 0.29) is 0 Å². The van der Waals surface area contributed by atoms with Crippen LogP contribution in [0.4, 0.5) is 11.6 Å². The van der Waals surface area contributed by atoms with Gasteiger partial charge < -0.3 is 5.32 Å². The fourth-order valence-electron chi connectivity index (χ4n) is 3.51. The van der Waals surface area contributed by atoms with Gasteiger partial charge in [0, 0.05) is 36.9 Å². The molecule has 1 aliphatic rings. The fourth-order valence-corrected chi connectivity index (χ4v) is 3.51. The van der Waals surface area contributed by atoms with E-state index < -0.39 is 0 Å². The second kappa shape index (κ2) is 7.58. The summed E-state index contributed by atoms with van der Waals surface area (Å²) in [5, 5.41) is 3.22. The summed E-state index contributed by atoms with van der Waals surface area (Å²) in [6, 6.07) is 10.8. The quantitative estimate of drug-likeness (QED) is 0.760. The van der Waals surface area contributed by atoms with Crippen molar-refractivity contribution in [1.82, 2.24) is 24.8 Å². The summed E-state index contributed by atoms with van der Waals surface area (Å²) < 4.78 is 0. The van der Waals surface area contributed by atoms with Crippen molar-refractivity contribution in [2.75, 3.05) is 11.9 Å². The summed E-state index contributed by atoms with van der Waals surface area (Å²) in [5.41, 5.74) is 3.47. The van der Waals surface area contributed by atoms with Crippen LogP contribution in [0.3, 0.4) is 0 Å². The molecule has 0 spiro atoms. The third-order valence-corrected chi connectivity index (χ3v) is 4.66. The molecule has 0 aromatic carbocycles. The Balaban J connectivity index is 1.51. The predicted molar refractivity (Wildman–Crippen MR) is 101 cm³/mol. The van der Waals surface area contributed by atoms with Crippen LogP contribution in [0, 0.1) is 6.92 Å². The summed E-state index contributed by atoms with van der Waals surface area (Å²) in [4.78, 5) is 19.9. The summed E-state index contributed by atoms with van der Waals surface area (Å²) >= 11 is 0. The van der Waals surface area contributed by atoms with Gasteiger partial charge in [0.25, 0.3) is 0 Å². The van der Waals surface area contributed by atoms with Crippen molar-refractivity contribution in [3.05, 3.63) is 72.1 Å². The van der Waals surface area contributed by atoms with E-state index in [4.69, 9.17) is 0 Å². The Morgan fingerprint density at radius 3 is 2.88 bits per heavy atom. The van der Waals surface area contributed by atoms with Gasteiger partial charge in [0.05, 0.1) is 11.9 Å². The van der Waals surface area contributed by atoms with Crippen molar-refractivity contribution in [2.24, 2.45) is 0 Å². The smallest absolute Gasteiger partial charge is 0.150 e. The lowest BCUT2D eigenvalue weighted by molar-refractivity contribution is 0.245. The Kier molecular flexibility index (Phi) is 4.84. The lowest BCUT2D eigenvalue weighted by atomic mass is 10.1. The second-order valence-electron chi connectivity index (χ2n) is 6.59. The number of nitrogens with one attached hydrogen (secondary N) is 1. The van der Waals surface area contributed by atoms with Crippen molar-refractivity contribution in [3.8, 4) is 0 Å². The molecule has 132 valence electrons. The average Bonchev–Trinajstić information content (AvgIpc) is 3.11. The Labute approximate surface area is 153 Å². The molecule has 1 N–H and O–H groups in total. The van der Waals surface area contributed by atoms with Crippen LogP contribution < -0.4 is 5.32 Å². The van der Waals surface area contributed by atoms with Crippen molar-refractivity contribution >= 4 is 11.6 Å². The Morgan fingerprint density at radius 1 is 1.12 bits per heavy atom. The Bertz CT molecular complexity index is 867. The van der Waals surface area contributed by atoms with Crippen LogP contribution in [0.15, 0.2) is 55.1 Å². The van der Waals surface area contributed by atoms with Crippen molar-refractivity contribution < 1.29 is 0 Å². The summed E-state index contributed by atoms with van der Waals surface area (Å²) in [6.45, 7) is 4.01. The van der Waals surface area contributed by atoms with E-state index in [1.165, 1.54) is 12.0 Å². The number of aromatic nitrogens is 4. The second-order valence-corrected chi connectivity index (χ2v) is 6.59. The molecular weight excluding hydrogens is 324 g/mol. The van der Waals surface area contributed by atoms with Crippen molar-refractivity contribution in [1.29, 1.82) is 0 Å². The number of likely N-dealkylation sites (tertiary alicyclic amines) is 1. The molecule has 0 bridgehead atoms. The molecule has 26 heavy (non-hydrogen) atoms. The van der Waals surface area contributed by atoms with Gasteiger partial charge in [0.1, 0.15) is 11.6 Å². The molecule has 0 saturated carbocycles. The maximum Gasteiger partial charge on any atom is 0.150 e. The van der Waals surface area contributed by atoms with Gasteiger partial charge >= 0.3 is 0 Å². The van der Waals surface area contributed by atoms with Gasteiger partial charge in [-0.1, -0.05) is 6.07 Å². The molecule has 4 heterocycles. The maximum absolute atomic E-state index is 4.66. The number of hydrogen-bond acceptors (Lipinski definition) is 6. The molecule has 1 aliphatic heterocycles. The third kappa shape index (κ3) is 3.86. The number of pyridine rings is 2. The molecule has 6 heteroatoms. The minimum absolute atomic E-state index is 0.391. The molecule has 1 fully saturated rings. The largest absolute Gasteiger partial charge is 0.324 e. The van der Waals surface area contributed by atoms with Crippen LogP contribution in [0.25, 0.3) is 0 Å². The van der Waals surface area contributed by atoms with Crippen LogP contribution in [-0.2, 0) is 6.54 Å². The van der Waals surface area contributed by atoms with Gasteiger partial charge in [-0.05, 0) is 56.1 Å². The van der Waals surface area contributed by atoms with Crippen LogP contribution in [-0.4, -0.2) is 31.4 Å². The van der Waals surface area contributed by atoms with E-state index in [1.807, 2.05) is 19.2 Å². The topological polar surface area (TPSA) is 66.8 Å². The first-order valence-corrected chi connectivity index (χ1v) is 8.93. The van der Waals surface area contributed by atoms with Gasteiger partial charge in [-0.15, -0.1) is 0 Å². The molecule has 1 unspecified atom stereocenters. The standard InChI is InChI=1S/C20H22N6/c1-15-4-2-5-17(24-15)14-26-11-3-6-18(26)16-7-8-22-19(12-16)25-20-13-21-9-10-23-20/h2,4-5,7-10,12-13,18H,3,6,11,14H2,1H3,(H,22,23,25). The molecular formula is C20H22N6. The van der Waals surface area contributed by atoms with Gasteiger partial charge in [-0.2, -0.15) is 0 Å². The molecule has 0 radical (unpaired) electrons. The van der Waals surface area contributed by atoms with Gasteiger partial charge in [-0.3, -0.25) is 14.9 Å². The highest BCUT2D eigenvalue weighted by Gasteiger charge is 2.26. The van der Waals surface area contributed by atoms with Gasteiger partial charge in [0.15, 0.2) is 0 Å². The summed E-state index contributed by atoms with van der Waals surface area (Å²) in [5.74, 6) is 1.49. The zero-order valence-electron chi connectivity index (χ0n) is 14.8. The number of hydrogen-bond donors (Lipinski definition) is 1. The fraction of sp³-hybridized carbons (Fsp3) is 0.300. The molecule has 0 amide bonds. The highest BCUT2D eigenvalue weighted by Crippen LogP contribution is 2.33. The van der Waals surface area contributed by atoms with Crippen molar-refractivity contribution in [3.63, 3.8) is 0 Å². The zero-order valence-corrected chi connectivity index (χ0v) is 14.8. The highest BCUT2D eigenvalue weighted by molar-refractivity contribution is 5.51. The zero-order chi connectivity index (χ0) is 17.8. The highest BCUT2D eigenvalue weighted by atomic mass is 15.2. The molecule has 1 saturated heterocycles. The minimum atomic E-state index is 0.391. The van der Waals surface area contributed by atoms with E-state index in [1.54, 1.807) is 18.6 Å². The van der Waals surface area contributed by atoms with Crippen LogP contribution in [0.5, 0.6) is 0 Å². The monoisotopic (exact) mass is 346 g/mol. The van der Waals surface area contributed by atoms with E-state index in [0.29, 0.717) is 11.9 Å². The summed E-state index contributed by atoms with van der Waals surface area (Å²) in [7, 11) is 0. The molecule has 1 atom stereocenters. The maximum atomic E-state index is 4.66. The van der Waals surface area contributed by atoms with Crippen molar-refractivity contribution in [2.45, 2.75) is 32.4 Å². The number of aryl methyl sites for hydroxylation is 1. The van der Waals surface area contributed by atoms with Crippen LogP contribution >= 0.6 is 0 Å². The normalized spacial score (nSPS) is 17.3. The first-order valence-electron chi connectivity index (χ1n) is 8.93. The Morgan fingerprint density at radius 2 is 2.04 bits per heavy atom. The van der Waals surface area contributed by atoms with E-state index in [0.717, 1.165) is 36.7 Å². The molecule has 6 nitrogen and oxygen atoms in total. The Hall–Kier alpha value is -2.86. The first-order chi connectivity index (χ1) is 12.8. The van der Waals surface area contributed by atoms with Gasteiger partial charge in [-0.25, -0.2) is 9.97 Å². The number of nitrogens with zero attached hydrogens (tertiary/aromatic N) is 5. The lowest BCUT2D eigenvalue weighted by Gasteiger charge is -2.25. The average molecular weight is 346 g/mol. The first kappa shape index (κ1) is 16.6. The molecule has 3 aromatic rings. The predicted octanol–water partition coefficient (Wildman–Crippen LogP) is 3.66. The van der Waals surface area contributed by atoms with Gasteiger partial charge in [0.2, 0.25) is 0 Å². The summed E-state index contributed by atoms with van der Waals surface area (Å²) in [6.07, 6.45) is 9.23. The number of anilines is 2. The van der Waals surface area contributed by atoms with E-state index in [9.17, 15) is 0 Å². The van der Waals surface area contributed by atoms with Crippen LogP contribution in [0.2, 0.25) is 0 Å².